The molecule has 0 unspecified atom stereocenters. The standard InChI is InChI=1S/C18H13NOS/c1-2-6-14-11-15(10-9-13(14)5-1)20-12-18-19-16-7-3-4-8-17(16)21-18/h1-11H,12H2. The highest BCUT2D eigenvalue weighted by Crippen LogP contribution is 2.24. The van der Waals surface area contributed by atoms with Gasteiger partial charge in [-0.2, -0.15) is 0 Å². The molecule has 0 aliphatic heterocycles. The first-order chi connectivity index (χ1) is 10.4. The minimum absolute atomic E-state index is 0.512. The van der Waals surface area contributed by atoms with Crippen LogP contribution < -0.4 is 4.74 Å². The van der Waals surface area contributed by atoms with Gasteiger partial charge in [0.1, 0.15) is 17.4 Å². The van der Waals surface area contributed by atoms with E-state index in [1.807, 2.05) is 36.4 Å². The van der Waals surface area contributed by atoms with Crippen LogP contribution in [0.4, 0.5) is 0 Å². The first-order valence-electron chi connectivity index (χ1n) is 6.84. The maximum atomic E-state index is 5.88. The van der Waals surface area contributed by atoms with Crippen LogP contribution in [0.1, 0.15) is 5.01 Å². The van der Waals surface area contributed by atoms with Crippen molar-refractivity contribution in [3.8, 4) is 5.75 Å². The number of hydrogen-bond acceptors (Lipinski definition) is 3. The maximum absolute atomic E-state index is 5.88. The minimum atomic E-state index is 0.512. The van der Waals surface area contributed by atoms with Crippen molar-refractivity contribution in [1.82, 2.24) is 4.98 Å². The van der Waals surface area contributed by atoms with Gasteiger partial charge in [-0.05, 0) is 35.0 Å². The second-order valence-corrected chi connectivity index (χ2v) is 5.99. The smallest absolute Gasteiger partial charge is 0.140 e. The van der Waals surface area contributed by atoms with Crippen LogP contribution in [0.3, 0.4) is 0 Å². The van der Waals surface area contributed by atoms with Crippen molar-refractivity contribution < 1.29 is 4.74 Å². The molecule has 0 fully saturated rings. The van der Waals surface area contributed by atoms with E-state index in [2.05, 4.69) is 35.3 Å². The van der Waals surface area contributed by atoms with Gasteiger partial charge in [0.25, 0.3) is 0 Å². The number of nitrogens with zero attached hydrogens (tertiary/aromatic N) is 1. The monoisotopic (exact) mass is 291 g/mol. The zero-order chi connectivity index (χ0) is 14.1. The third kappa shape index (κ3) is 2.48. The van der Waals surface area contributed by atoms with Crippen LogP contribution in [0.5, 0.6) is 5.75 Å². The fourth-order valence-electron chi connectivity index (χ4n) is 2.38. The molecule has 0 spiro atoms. The van der Waals surface area contributed by atoms with Crippen LogP contribution in [0.15, 0.2) is 66.7 Å². The maximum Gasteiger partial charge on any atom is 0.140 e. The Morgan fingerprint density at radius 1 is 0.857 bits per heavy atom. The molecule has 2 nitrogen and oxygen atoms in total. The van der Waals surface area contributed by atoms with Crippen LogP contribution in [-0.2, 0) is 6.61 Å². The van der Waals surface area contributed by atoms with Crippen molar-refractivity contribution in [3.05, 3.63) is 71.7 Å². The minimum Gasteiger partial charge on any atom is -0.486 e. The summed E-state index contributed by atoms with van der Waals surface area (Å²) in [5.74, 6) is 0.882. The summed E-state index contributed by atoms with van der Waals surface area (Å²) in [6.07, 6.45) is 0. The average molecular weight is 291 g/mol. The van der Waals surface area contributed by atoms with E-state index in [-0.39, 0.29) is 0 Å². The van der Waals surface area contributed by atoms with Crippen molar-refractivity contribution in [2.75, 3.05) is 0 Å². The molecule has 3 heteroatoms. The van der Waals surface area contributed by atoms with Gasteiger partial charge in [0.15, 0.2) is 0 Å². The third-order valence-corrected chi connectivity index (χ3v) is 4.43. The zero-order valence-corrected chi connectivity index (χ0v) is 12.1. The van der Waals surface area contributed by atoms with Gasteiger partial charge in [0.2, 0.25) is 0 Å². The second kappa shape index (κ2) is 5.19. The molecule has 4 rings (SSSR count). The summed E-state index contributed by atoms with van der Waals surface area (Å²) in [5, 5.41) is 3.42. The van der Waals surface area contributed by atoms with Gasteiger partial charge >= 0.3 is 0 Å². The van der Waals surface area contributed by atoms with E-state index < -0.39 is 0 Å². The fraction of sp³-hybridized carbons (Fsp3) is 0.0556. The number of fused-ring (bicyclic) bond motifs is 2. The van der Waals surface area contributed by atoms with Gasteiger partial charge in [-0.3, -0.25) is 0 Å². The zero-order valence-electron chi connectivity index (χ0n) is 11.3. The summed E-state index contributed by atoms with van der Waals surface area (Å²) in [4.78, 5) is 4.58. The molecule has 1 aromatic heterocycles. The Kier molecular flexibility index (Phi) is 3.05. The molecule has 0 atom stereocenters. The van der Waals surface area contributed by atoms with E-state index in [0.29, 0.717) is 6.61 Å². The van der Waals surface area contributed by atoms with Gasteiger partial charge in [0.05, 0.1) is 10.2 Å². The SMILES string of the molecule is c1ccc2cc(OCc3nc4ccccc4s3)ccc2c1. The van der Waals surface area contributed by atoms with Crippen molar-refractivity contribution >= 4 is 32.3 Å². The van der Waals surface area contributed by atoms with Crippen LogP contribution in [0.2, 0.25) is 0 Å². The lowest BCUT2D eigenvalue weighted by atomic mass is 10.1. The highest BCUT2D eigenvalue weighted by molar-refractivity contribution is 7.18. The molecule has 3 aromatic carbocycles. The van der Waals surface area contributed by atoms with Gasteiger partial charge in [0, 0.05) is 0 Å². The lowest BCUT2D eigenvalue weighted by molar-refractivity contribution is 0.306. The normalized spacial score (nSPS) is 11.0. The molecule has 4 aromatic rings. The van der Waals surface area contributed by atoms with E-state index in [1.165, 1.54) is 15.5 Å². The summed E-state index contributed by atoms with van der Waals surface area (Å²) in [7, 11) is 0. The molecule has 0 saturated carbocycles. The van der Waals surface area contributed by atoms with Crippen molar-refractivity contribution in [2.24, 2.45) is 0 Å². The molecule has 0 saturated heterocycles. The third-order valence-electron chi connectivity index (χ3n) is 3.42. The van der Waals surface area contributed by atoms with Crippen molar-refractivity contribution in [2.45, 2.75) is 6.61 Å². The average Bonchev–Trinajstić information content (AvgIpc) is 2.95. The van der Waals surface area contributed by atoms with E-state index in [9.17, 15) is 0 Å². The Hall–Kier alpha value is -2.39. The lowest BCUT2D eigenvalue weighted by Crippen LogP contribution is -1.94. The number of ether oxygens (including phenoxy) is 1. The molecule has 0 bridgehead atoms. The van der Waals surface area contributed by atoms with Gasteiger partial charge < -0.3 is 4.74 Å². The molecular formula is C18H13NOS. The number of para-hydroxylation sites is 1. The van der Waals surface area contributed by atoms with Crippen LogP contribution in [-0.4, -0.2) is 4.98 Å². The molecule has 0 aliphatic carbocycles. The molecule has 0 aliphatic rings. The van der Waals surface area contributed by atoms with Gasteiger partial charge in [-0.25, -0.2) is 4.98 Å². The topological polar surface area (TPSA) is 22.1 Å². The Labute approximate surface area is 126 Å². The summed E-state index contributed by atoms with van der Waals surface area (Å²) >= 11 is 1.68. The molecule has 0 amide bonds. The summed E-state index contributed by atoms with van der Waals surface area (Å²) < 4.78 is 7.08. The number of aromatic nitrogens is 1. The highest BCUT2D eigenvalue weighted by atomic mass is 32.1. The van der Waals surface area contributed by atoms with Gasteiger partial charge in [-0.1, -0.05) is 42.5 Å². The Balaban J connectivity index is 1.57. The number of rotatable bonds is 3. The quantitative estimate of drug-likeness (QED) is 0.528. The first kappa shape index (κ1) is 12.4. The molecule has 102 valence electrons. The Bertz CT molecular complexity index is 880. The molecule has 21 heavy (non-hydrogen) atoms. The van der Waals surface area contributed by atoms with E-state index >= 15 is 0 Å². The lowest BCUT2D eigenvalue weighted by Gasteiger charge is -2.05. The number of thiazole rings is 1. The highest BCUT2D eigenvalue weighted by Gasteiger charge is 2.04. The van der Waals surface area contributed by atoms with E-state index in [1.54, 1.807) is 11.3 Å². The van der Waals surface area contributed by atoms with Crippen molar-refractivity contribution in [3.63, 3.8) is 0 Å². The number of hydrogen-bond donors (Lipinski definition) is 0. The fourth-order valence-corrected chi connectivity index (χ4v) is 3.26. The predicted molar refractivity (Wildman–Crippen MR) is 87.9 cm³/mol. The van der Waals surface area contributed by atoms with Crippen LogP contribution in [0.25, 0.3) is 21.0 Å². The summed E-state index contributed by atoms with van der Waals surface area (Å²) in [6.45, 7) is 0.512. The predicted octanol–water partition coefficient (Wildman–Crippen LogP) is 5.03. The molecule has 1 heterocycles. The van der Waals surface area contributed by atoms with E-state index in [0.717, 1.165) is 16.3 Å². The van der Waals surface area contributed by atoms with Gasteiger partial charge in [-0.15, -0.1) is 11.3 Å². The van der Waals surface area contributed by atoms with Crippen LogP contribution in [0, 0.1) is 0 Å². The molecule has 0 radical (unpaired) electrons. The molecule has 0 N–H and O–H groups in total. The second-order valence-electron chi connectivity index (χ2n) is 4.87. The first-order valence-corrected chi connectivity index (χ1v) is 7.66. The summed E-state index contributed by atoms with van der Waals surface area (Å²) in [5.41, 5.74) is 1.04. The van der Waals surface area contributed by atoms with E-state index in [4.69, 9.17) is 4.74 Å². The summed E-state index contributed by atoms with van der Waals surface area (Å²) in [6, 6.07) is 22.6. The Morgan fingerprint density at radius 3 is 2.57 bits per heavy atom. The Morgan fingerprint density at radius 2 is 1.67 bits per heavy atom. The van der Waals surface area contributed by atoms with Crippen LogP contribution >= 0.6 is 11.3 Å². The van der Waals surface area contributed by atoms with Crippen molar-refractivity contribution in [1.29, 1.82) is 0 Å². The molecular weight excluding hydrogens is 278 g/mol. The number of benzene rings is 3. The largest absolute Gasteiger partial charge is 0.486 e.